The Morgan fingerprint density at radius 2 is 2.11 bits per heavy atom. The second kappa shape index (κ2) is 4.92. The van der Waals surface area contributed by atoms with Crippen molar-refractivity contribution in [3.8, 4) is 11.8 Å². The van der Waals surface area contributed by atoms with Crippen molar-refractivity contribution in [3.63, 3.8) is 0 Å². The lowest BCUT2D eigenvalue weighted by molar-refractivity contribution is 0.0596. The fourth-order valence-electron chi connectivity index (χ4n) is 1.51. The second-order valence-electron chi connectivity index (χ2n) is 3.69. The van der Waals surface area contributed by atoms with E-state index in [0.717, 1.165) is 0 Å². The van der Waals surface area contributed by atoms with E-state index >= 15 is 0 Å². The molecule has 0 aliphatic heterocycles. The van der Waals surface area contributed by atoms with Crippen molar-refractivity contribution in [2.24, 2.45) is 0 Å². The maximum atomic E-state index is 11.4. The Hall–Kier alpha value is -2.64. The lowest BCUT2D eigenvalue weighted by Gasteiger charge is -2.06. The molecule has 19 heavy (non-hydrogen) atoms. The highest BCUT2D eigenvalue weighted by Crippen LogP contribution is 2.17. The number of nitrogens with zero attached hydrogens (tertiary/aromatic N) is 4. The molecule has 0 saturated carbocycles. The molecule has 2 rings (SSSR count). The van der Waals surface area contributed by atoms with Crippen LogP contribution in [0.1, 0.15) is 16.2 Å². The van der Waals surface area contributed by atoms with Crippen molar-refractivity contribution in [1.29, 1.82) is 0 Å². The number of rotatable bonds is 3. The largest absolute Gasteiger partial charge is 0.481 e. The van der Waals surface area contributed by atoms with Gasteiger partial charge in [0.25, 0.3) is 0 Å². The Morgan fingerprint density at radius 3 is 2.74 bits per heavy atom. The molecule has 2 aromatic heterocycles. The molecule has 100 valence electrons. The fourth-order valence-corrected chi connectivity index (χ4v) is 1.51. The van der Waals surface area contributed by atoms with Crippen LogP contribution in [0.25, 0.3) is 5.95 Å². The van der Waals surface area contributed by atoms with E-state index in [0.29, 0.717) is 11.6 Å². The predicted octanol–water partition coefficient (Wildman–Crippen LogP) is 0.348. The van der Waals surface area contributed by atoms with Crippen LogP contribution in [0.3, 0.4) is 0 Å². The van der Waals surface area contributed by atoms with Crippen molar-refractivity contribution < 1.29 is 14.3 Å². The number of aromatic nitrogens is 4. The molecule has 8 nitrogen and oxygen atoms in total. The highest BCUT2D eigenvalue weighted by atomic mass is 16.5. The third kappa shape index (κ3) is 2.32. The van der Waals surface area contributed by atoms with Gasteiger partial charge >= 0.3 is 5.97 Å². The normalized spacial score (nSPS) is 10.3. The van der Waals surface area contributed by atoms with Crippen LogP contribution in [-0.2, 0) is 4.74 Å². The van der Waals surface area contributed by atoms with Gasteiger partial charge in [0, 0.05) is 11.8 Å². The molecule has 2 heterocycles. The van der Waals surface area contributed by atoms with Crippen LogP contribution in [0.5, 0.6) is 5.88 Å². The number of ether oxygens (including phenoxy) is 2. The summed E-state index contributed by atoms with van der Waals surface area (Å²) in [6.07, 6.45) is 1.36. The van der Waals surface area contributed by atoms with Gasteiger partial charge in [-0.25, -0.2) is 14.8 Å². The summed E-state index contributed by atoms with van der Waals surface area (Å²) in [6.45, 7) is 1.79. The number of carbonyl (C=O) groups is 1. The molecule has 0 aromatic carbocycles. The van der Waals surface area contributed by atoms with Crippen LogP contribution in [0, 0.1) is 6.92 Å². The van der Waals surface area contributed by atoms with Gasteiger partial charge in [-0.1, -0.05) is 0 Å². The summed E-state index contributed by atoms with van der Waals surface area (Å²) < 4.78 is 11.0. The van der Waals surface area contributed by atoms with Gasteiger partial charge in [-0.15, -0.1) is 0 Å². The van der Waals surface area contributed by atoms with Gasteiger partial charge in [0.1, 0.15) is 12.1 Å². The third-order valence-corrected chi connectivity index (χ3v) is 2.43. The zero-order valence-corrected chi connectivity index (χ0v) is 10.7. The van der Waals surface area contributed by atoms with Crippen molar-refractivity contribution in [2.75, 3.05) is 20.0 Å². The van der Waals surface area contributed by atoms with Gasteiger partial charge in [-0.05, 0) is 6.92 Å². The molecule has 0 aliphatic rings. The minimum Gasteiger partial charge on any atom is -0.481 e. The van der Waals surface area contributed by atoms with Crippen LogP contribution in [0.15, 0.2) is 12.4 Å². The van der Waals surface area contributed by atoms with E-state index in [1.807, 2.05) is 0 Å². The molecule has 0 unspecified atom stereocenters. The van der Waals surface area contributed by atoms with Crippen molar-refractivity contribution in [2.45, 2.75) is 6.92 Å². The van der Waals surface area contributed by atoms with Crippen LogP contribution >= 0.6 is 0 Å². The third-order valence-electron chi connectivity index (χ3n) is 2.43. The van der Waals surface area contributed by atoms with Crippen LogP contribution in [0.4, 0.5) is 5.82 Å². The van der Waals surface area contributed by atoms with E-state index in [9.17, 15) is 4.79 Å². The summed E-state index contributed by atoms with van der Waals surface area (Å²) in [4.78, 5) is 23.7. The first-order chi connectivity index (χ1) is 9.06. The summed E-state index contributed by atoms with van der Waals surface area (Å²) in [5, 5.41) is 0. The predicted molar refractivity (Wildman–Crippen MR) is 66.2 cm³/mol. The van der Waals surface area contributed by atoms with E-state index in [1.54, 1.807) is 13.0 Å². The molecule has 0 bridgehead atoms. The minimum atomic E-state index is -0.615. The maximum Gasteiger partial charge on any atom is 0.360 e. The lowest BCUT2D eigenvalue weighted by atomic mass is 10.4. The van der Waals surface area contributed by atoms with Crippen LogP contribution in [-0.4, -0.2) is 39.7 Å². The quantitative estimate of drug-likeness (QED) is 0.796. The number of carbonyl (C=O) groups excluding carboxylic acids is 1. The molecule has 0 atom stereocenters. The molecule has 0 saturated heterocycles. The molecule has 0 amide bonds. The molecule has 0 aliphatic carbocycles. The zero-order chi connectivity index (χ0) is 14.0. The van der Waals surface area contributed by atoms with E-state index in [-0.39, 0.29) is 17.5 Å². The van der Waals surface area contributed by atoms with Crippen molar-refractivity contribution >= 4 is 11.8 Å². The number of anilines is 1. The van der Waals surface area contributed by atoms with E-state index in [4.69, 9.17) is 10.5 Å². The fraction of sp³-hybridized carbons (Fsp3) is 0.273. The Kier molecular flexibility index (Phi) is 3.32. The topological polar surface area (TPSA) is 105 Å². The van der Waals surface area contributed by atoms with Crippen LogP contribution < -0.4 is 10.5 Å². The molecule has 2 N–H and O–H groups in total. The number of nitrogens with two attached hydrogens (primary N) is 1. The number of aryl methyl sites for hydroxylation is 1. The summed E-state index contributed by atoms with van der Waals surface area (Å²) in [5.74, 6) is 0.169. The van der Waals surface area contributed by atoms with Gasteiger partial charge in [-0.2, -0.15) is 4.98 Å². The first-order valence-electron chi connectivity index (χ1n) is 5.38. The summed E-state index contributed by atoms with van der Waals surface area (Å²) >= 11 is 0. The maximum absolute atomic E-state index is 11.4. The molecule has 0 fully saturated rings. The molecule has 0 radical (unpaired) electrons. The average molecular weight is 263 g/mol. The van der Waals surface area contributed by atoms with Gasteiger partial charge in [-0.3, -0.25) is 4.57 Å². The lowest BCUT2D eigenvalue weighted by Crippen LogP contribution is -2.09. The smallest absolute Gasteiger partial charge is 0.360 e. The van der Waals surface area contributed by atoms with Crippen molar-refractivity contribution in [1.82, 2.24) is 19.5 Å². The van der Waals surface area contributed by atoms with Gasteiger partial charge in [0.05, 0.1) is 14.2 Å². The number of hydrogen-bond donors (Lipinski definition) is 1. The van der Waals surface area contributed by atoms with E-state index in [1.165, 1.54) is 25.1 Å². The van der Waals surface area contributed by atoms with Crippen molar-refractivity contribution in [3.05, 3.63) is 23.8 Å². The molecule has 0 spiro atoms. The molecule has 8 heteroatoms. The number of imidazole rings is 1. The SMILES string of the molecule is COC(=O)c1ncn(-c2nc(C)cc(OC)n2)c1N. The molecular weight excluding hydrogens is 250 g/mol. The number of methoxy groups -OCH3 is 2. The number of hydrogen-bond acceptors (Lipinski definition) is 7. The summed E-state index contributed by atoms with van der Waals surface area (Å²) in [5.41, 5.74) is 6.56. The van der Waals surface area contributed by atoms with E-state index in [2.05, 4.69) is 19.7 Å². The van der Waals surface area contributed by atoms with Gasteiger partial charge < -0.3 is 15.2 Å². The number of esters is 1. The minimum absolute atomic E-state index is 0.0200. The Balaban J connectivity index is 2.51. The standard InChI is InChI=1S/C11H13N5O3/c1-6-4-7(18-2)15-11(14-6)16-5-13-8(9(16)12)10(17)19-3/h4-5H,12H2,1-3H3. The Bertz CT molecular complexity index is 623. The molecule has 2 aromatic rings. The van der Waals surface area contributed by atoms with E-state index < -0.39 is 5.97 Å². The summed E-state index contributed by atoms with van der Waals surface area (Å²) in [7, 11) is 2.76. The first-order valence-corrected chi connectivity index (χ1v) is 5.38. The summed E-state index contributed by atoms with van der Waals surface area (Å²) in [6, 6.07) is 1.68. The monoisotopic (exact) mass is 263 g/mol. The van der Waals surface area contributed by atoms with Gasteiger partial charge in [0.2, 0.25) is 11.8 Å². The highest BCUT2D eigenvalue weighted by Gasteiger charge is 2.18. The Labute approximate surface area is 109 Å². The van der Waals surface area contributed by atoms with Gasteiger partial charge in [0.15, 0.2) is 5.69 Å². The Morgan fingerprint density at radius 1 is 1.37 bits per heavy atom. The zero-order valence-electron chi connectivity index (χ0n) is 10.7. The van der Waals surface area contributed by atoms with Crippen LogP contribution in [0.2, 0.25) is 0 Å². The average Bonchev–Trinajstić information content (AvgIpc) is 2.79. The first kappa shape index (κ1) is 12.8. The number of nitrogen functional groups attached to an aromatic ring is 1. The highest BCUT2D eigenvalue weighted by molar-refractivity contribution is 5.92. The molecular formula is C11H13N5O3. The second-order valence-corrected chi connectivity index (χ2v) is 3.69.